The predicted octanol–water partition coefficient (Wildman–Crippen LogP) is 1.10. The van der Waals surface area contributed by atoms with Crippen LogP contribution in [-0.4, -0.2) is 22.2 Å². The van der Waals surface area contributed by atoms with Gasteiger partial charge in [0.05, 0.1) is 0 Å². The molecule has 1 rings (SSSR count). The Morgan fingerprint density at radius 3 is 3.00 bits per heavy atom. The monoisotopic (exact) mass is 197 g/mol. The van der Waals surface area contributed by atoms with Gasteiger partial charge in [-0.25, -0.2) is 0 Å². The Balaban J connectivity index is 2.59. The van der Waals surface area contributed by atoms with E-state index in [-0.39, 0.29) is 12.6 Å². The van der Waals surface area contributed by atoms with E-state index in [0.717, 1.165) is 12.2 Å². The molecule has 1 aromatic rings. The fraction of sp³-hybridized carbons (Fsp3) is 0.500. The van der Waals surface area contributed by atoms with Crippen molar-refractivity contribution in [3.05, 3.63) is 24.0 Å². The normalized spacial score (nSPS) is 12.5. The number of nitrogens with zero attached hydrogens (tertiary/aromatic N) is 1. The lowest BCUT2D eigenvalue weighted by Crippen LogP contribution is -2.13. The fourth-order valence-electron chi connectivity index (χ4n) is 1.30. The van der Waals surface area contributed by atoms with Crippen LogP contribution in [0.5, 0.6) is 0 Å². The largest absolute Gasteiger partial charge is 0.463 e. The molecule has 0 amide bonds. The Labute approximate surface area is 83.1 Å². The molecular weight excluding hydrogens is 182 g/mol. The SMILES string of the molecule is CCn1cccc1C(O)COC(C)=O. The van der Waals surface area contributed by atoms with Crippen molar-refractivity contribution in [1.82, 2.24) is 4.57 Å². The summed E-state index contributed by atoms with van der Waals surface area (Å²) in [6.45, 7) is 4.12. The number of hydrogen-bond donors (Lipinski definition) is 1. The molecule has 14 heavy (non-hydrogen) atoms. The zero-order valence-corrected chi connectivity index (χ0v) is 8.43. The van der Waals surface area contributed by atoms with Crippen molar-refractivity contribution in [2.45, 2.75) is 26.5 Å². The van der Waals surface area contributed by atoms with Gasteiger partial charge in [-0.05, 0) is 19.1 Å². The Morgan fingerprint density at radius 2 is 2.43 bits per heavy atom. The quantitative estimate of drug-likeness (QED) is 0.735. The maximum absolute atomic E-state index is 10.5. The third kappa shape index (κ3) is 2.60. The number of aliphatic hydroxyl groups excluding tert-OH is 1. The highest BCUT2D eigenvalue weighted by Gasteiger charge is 2.12. The summed E-state index contributed by atoms with van der Waals surface area (Å²) in [4.78, 5) is 10.5. The minimum absolute atomic E-state index is 0.0132. The standard InChI is InChI=1S/C10H15NO3/c1-3-11-6-4-5-9(11)10(13)7-14-8(2)12/h4-6,10,13H,3,7H2,1-2H3. The average Bonchev–Trinajstić information content (AvgIpc) is 2.61. The molecule has 0 aromatic carbocycles. The van der Waals surface area contributed by atoms with Gasteiger partial charge in [-0.2, -0.15) is 0 Å². The Hall–Kier alpha value is -1.29. The van der Waals surface area contributed by atoms with Crippen molar-refractivity contribution in [2.75, 3.05) is 6.61 Å². The summed E-state index contributed by atoms with van der Waals surface area (Å²) >= 11 is 0. The molecule has 0 aliphatic rings. The third-order valence-electron chi connectivity index (χ3n) is 1.99. The molecular formula is C10H15NO3. The average molecular weight is 197 g/mol. The lowest BCUT2D eigenvalue weighted by molar-refractivity contribution is -0.144. The Morgan fingerprint density at radius 1 is 1.71 bits per heavy atom. The van der Waals surface area contributed by atoms with Gasteiger partial charge in [0, 0.05) is 25.4 Å². The molecule has 1 unspecified atom stereocenters. The summed E-state index contributed by atoms with van der Waals surface area (Å²) in [5, 5.41) is 9.67. The second-order valence-corrected chi connectivity index (χ2v) is 3.04. The van der Waals surface area contributed by atoms with Gasteiger partial charge in [0.25, 0.3) is 0 Å². The molecule has 0 spiro atoms. The zero-order chi connectivity index (χ0) is 10.6. The number of rotatable bonds is 4. The van der Waals surface area contributed by atoms with Crippen LogP contribution in [0.1, 0.15) is 25.6 Å². The van der Waals surface area contributed by atoms with Crippen LogP contribution in [0, 0.1) is 0 Å². The van der Waals surface area contributed by atoms with Crippen molar-refractivity contribution >= 4 is 5.97 Å². The minimum atomic E-state index is -0.742. The first-order valence-electron chi connectivity index (χ1n) is 4.61. The van der Waals surface area contributed by atoms with E-state index in [9.17, 15) is 9.90 Å². The molecule has 0 radical (unpaired) electrons. The van der Waals surface area contributed by atoms with Gasteiger partial charge in [0.2, 0.25) is 0 Å². The highest BCUT2D eigenvalue weighted by atomic mass is 16.5. The Bertz CT molecular complexity index is 306. The molecule has 0 fully saturated rings. The van der Waals surface area contributed by atoms with Crippen LogP contribution in [0.2, 0.25) is 0 Å². The number of aryl methyl sites for hydroxylation is 1. The lowest BCUT2D eigenvalue weighted by atomic mass is 10.2. The van der Waals surface area contributed by atoms with Crippen LogP contribution in [0.15, 0.2) is 18.3 Å². The van der Waals surface area contributed by atoms with E-state index >= 15 is 0 Å². The van der Waals surface area contributed by atoms with Gasteiger partial charge in [0.1, 0.15) is 12.7 Å². The molecule has 0 saturated heterocycles. The molecule has 78 valence electrons. The summed E-state index contributed by atoms with van der Waals surface area (Å²) in [6, 6.07) is 3.67. The first kappa shape index (κ1) is 10.8. The van der Waals surface area contributed by atoms with E-state index in [1.807, 2.05) is 29.8 Å². The maximum atomic E-state index is 10.5. The van der Waals surface area contributed by atoms with E-state index in [1.165, 1.54) is 6.92 Å². The first-order valence-corrected chi connectivity index (χ1v) is 4.61. The summed E-state index contributed by atoms with van der Waals surface area (Å²) in [7, 11) is 0. The molecule has 4 heteroatoms. The van der Waals surface area contributed by atoms with Crippen LogP contribution in [0.3, 0.4) is 0 Å². The Kier molecular flexibility index (Phi) is 3.71. The number of carbonyl (C=O) groups is 1. The highest BCUT2D eigenvalue weighted by molar-refractivity contribution is 5.65. The molecule has 0 bridgehead atoms. The summed E-state index contributed by atoms with van der Waals surface area (Å²) in [6.07, 6.45) is 1.14. The first-order chi connectivity index (χ1) is 6.65. The number of carbonyl (C=O) groups excluding carboxylic acids is 1. The van der Waals surface area contributed by atoms with Gasteiger partial charge < -0.3 is 14.4 Å². The fourth-order valence-corrected chi connectivity index (χ4v) is 1.30. The van der Waals surface area contributed by atoms with E-state index in [0.29, 0.717) is 0 Å². The molecule has 0 aliphatic carbocycles. The second-order valence-electron chi connectivity index (χ2n) is 3.04. The number of aliphatic hydroxyl groups is 1. The summed E-state index contributed by atoms with van der Waals surface area (Å²) in [5.74, 6) is -0.376. The van der Waals surface area contributed by atoms with Crippen LogP contribution in [-0.2, 0) is 16.1 Å². The summed E-state index contributed by atoms with van der Waals surface area (Å²) < 4.78 is 6.64. The zero-order valence-electron chi connectivity index (χ0n) is 8.43. The van der Waals surface area contributed by atoms with Gasteiger partial charge in [-0.15, -0.1) is 0 Å². The number of esters is 1. The van der Waals surface area contributed by atoms with E-state index in [4.69, 9.17) is 4.74 Å². The van der Waals surface area contributed by atoms with E-state index < -0.39 is 6.10 Å². The van der Waals surface area contributed by atoms with Gasteiger partial charge in [-0.3, -0.25) is 4.79 Å². The van der Waals surface area contributed by atoms with Crippen molar-refractivity contribution in [1.29, 1.82) is 0 Å². The van der Waals surface area contributed by atoms with Gasteiger partial charge in [-0.1, -0.05) is 0 Å². The highest BCUT2D eigenvalue weighted by Crippen LogP contribution is 2.13. The van der Waals surface area contributed by atoms with Crippen LogP contribution >= 0.6 is 0 Å². The third-order valence-corrected chi connectivity index (χ3v) is 1.99. The molecule has 1 heterocycles. The van der Waals surface area contributed by atoms with Crippen LogP contribution in [0.4, 0.5) is 0 Å². The van der Waals surface area contributed by atoms with Crippen molar-refractivity contribution < 1.29 is 14.6 Å². The molecule has 4 nitrogen and oxygen atoms in total. The smallest absolute Gasteiger partial charge is 0.302 e. The lowest BCUT2D eigenvalue weighted by Gasteiger charge is -2.13. The molecule has 1 N–H and O–H groups in total. The van der Waals surface area contributed by atoms with E-state index in [2.05, 4.69) is 0 Å². The van der Waals surface area contributed by atoms with Crippen molar-refractivity contribution in [3.8, 4) is 0 Å². The van der Waals surface area contributed by atoms with Gasteiger partial charge >= 0.3 is 5.97 Å². The second kappa shape index (κ2) is 4.81. The number of hydrogen-bond acceptors (Lipinski definition) is 3. The number of aromatic nitrogens is 1. The van der Waals surface area contributed by atoms with Gasteiger partial charge in [0.15, 0.2) is 0 Å². The molecule has 1 atom stereocenters. The topological polar surface area (TPSA) is 51.5 Å². The van der Waals surface area contributed by atoms with E-state index in [1.54, 1.807) is 0 Å². The van der Waals surface area contributed by atoms with Crippen molar-refractivity contribution in [3.63, 3.8) is 0 Å². The van der Waals surface area contributed by atoms with Crippen molar-refractivity contribution in [2.24, 2.45) is 0 Å². The molecule has 1 aromatic heterocycles. The maximum Gasteiger partial charge on any atom is 0.302 e. The number of ether oxygens (including phenoxy) is 1. The van der Waals surface area contributed by atoms with Crippen LogP contribution in [0.25, 0.3) is 0 Å². The summed E-state index contributed by atoms with van der Waals surface area (Å²) in [5.41, 5.74) is 0.772. The minimum Gasteiger partial charge on any atom is -0.463 e. The molecule has 0 saturated carbocycles. The van der Waals surface area contributed by atoms with Crippen LogP contribution < -0.4 is 0 Å². The predicted molar refractivity (Wildman–Crippen MR) is 51.7 cm³/mol. The molecule has 0 aliphatic heterocycles.